The molecule has 0 spiro atoms. The van der Waals surface area contributed by atoms with E-state index in [4.69, 9.17) is 10.2 Å². The first-order valence-electron chi connectivity index (χ1n) is 4.97. The van der Waals surface area contributed by atoms with Gasteiger partial charge in [0.15, 0.2) is 0 Å². The van der Waals surface area contributed by atoms with Crippen LogP contribution in [0.4, 0.5) is 4.39 Å². The van der Waals surface area contributed by atoms with E-state index in [9.17, 15) is 19.4 Å². The number of halogens is 1. The van der Waals surface area contributed by atoms with Crippen LogP contribution in [0, 0.1) is 5.82 Å². The summed E-state index contributed by atoms with van der Waals surface area (Å²) < 4.78 is 13.0. The lowest BCUT2D eigenvalue weighted by Gasteiger charge is -2.19. The molecule has 0 saturated carbocycles. The third-order valence-corrected chi connectivity index (χ3v) is 2.35. The molecule has 1 aromatic rings. The molecule has 0 aliphatic rings. The van der Waals surface area contributed by atoms with Crippen LogP contribution in [0.5, 0.6) is 0 Å². The number of carboxylic acids is 1. The zero-order chi connectivity index (χ0) is 13.0. The summed E-state index contributed by atoms with van der Waals surface area (Å²) in [7, 11) is 0. The van der Waals surface area contributed by atoms with Gasteiger partial charge in [0.25, 0.3) is 0 Å². The van der Waals surface area contributed by atoms with Crippen molar-refractivity contribution in [2.24, 2.45) is 0 Å². The molecule has 6 heteroatoms. The third kappa shape index (κ3) is 3.23. The first-order valence-corrected chi connectivity index (χ1v) is 4.97. The normalized spacial score (nSPS) is 14.4. The smallest absolute Gasteiger partial charge is 0.336 e. The van der Waals surface area contributed by atoms with E-state index in [-0.39, 0.29) is 24.2 Å². The highest BCUT2D eigenvalue weighted by Crippen LogP contribution is 2.23. The Morgan fingerprint density at radius 2 is 2.00 bits per heavy atom. The fraction of sp³-hybridized carbons (Fsp3) is 0.364. The molecule has 0 aliphatic heterocycles. The van der Waals surface area contributed by atoms with Crippen LogP contribution in [-0.4, -0.2) is 39.1 Å². The summed E-state index contributed by atoms with van der Waals surface area (Å²) >= 11 is 0. The molecule has 0 saturated heterocycles. The summed E-state index contributed by atoms with van der Waals surface area (Å²) in [5.41, 5.74) is -0.491. The summed E-state index contributed by atoms with van der Waals surface area (Å²) in [6.45, 7) is -0.365. The predicted octanol–water partition coefficient (Wildman–Crippen LogP) is 0.301. The molecule has 17 heavy (non-hydrogen) atoms. The predicted molar refractivity (Wildman–Crippen MR) is 56.0 cm³/mol. The molecular weight excluding hydrogens is 231 g/mol. The van der Waals surface area contributed by atoms with Gasteiger partial charge in [0.1, 0.15) is 11.9 Å². The molecule has 4 N–H and O–H groups in total. The minimum Gasteiger partial charge on any atom is -0.478 e. The molecular formula is C11H13FO5. The van der Waals surface area contributed by atoms with Crippen LogP contribution in [0.25, 0.3) is 0 Å². The average molecular weight is 244 g/mol. The Morgan fingerprint density at radius 3 is 2.53 bits per heavy atom. The molecule has 2 atom stereocenters. The highest BCUT2D eigenvalue weighted by molar-refractivity contribution is 5.89. The van der Waals surface area contributed by atoms with Crippen molar-refractivity contribution in [2.75, 3.05) is 6.61 Å². The van der Waals surface area contributed by atoms with Gasteiger partial charge in [-0.25, -0.2) is 9.18 Å². The number of aliphatic hydroxyl groups excluding tert-OH is 3. The zero-order valence-electron chi connectivity index (χ0n) is 8.88. The molecule has 0 heterocycles. The van der Waals surface area contributed by atoms with E-state index in [1.165, 1.54) is 0 Å². The van der Waals surface area contributed by atoms with Gasteiger partial charge in [0.05, 0.1) is 11.7 Å². The van der Waals surface area contributed by atoms with E-state index >= 15 is 0 Å². The Morgan fingerprint density at radius 1 is 1.35 bits per heavy atom. The second kappa shape index (κ2) is 5.72. The third-order valence-electron chi connectivity index (χ3n) is 2.35. The molecule has 2 unspecified atom stereocenters. The van der Waals surface area contributed by atoms with Gasteiger partial charge in [-0.3, -0.25) is 0 Å². The van der Waals surface area contributed by atoms with Gasteiger partial charge in [-0.05, 0) is 24.6 Å². The summed E-state index contributed by atoms with van der Waals surface area (Å²) in [5.74, 6) is -2.03. The number of benzene rings is 1. The fourth-order valence-electron chi connectivity index (χ4n) is 1.47. The Kier molecular flexibility index (Phi) is 4.56. The molecule has 5 nitrogen and oxygen atoms in total. The van der Waals surface area contributed by atoms with Crippen LogP contribution in [0.2, 0.25) is 0 Å². The lowest BCUT2D eigenvalue weighted by atomic mass is 9.97. The van der Waals surface area contributed by atoms with Crippen molar-refractivity contribution in [1.29, 1.82) is 0 Å². The maximum atomic E-state index is 13.0. The fourth-order valence-corrected chi connectivity index (χ4v) is 1.47. The van der Waals surface area contributed by atoms with E-state index in [1.54, 1.807) is 0 Å². The van der Waals surface area contributed by atoms with E-state index in [2.05, 4.69) is 0 Å². The van der Waals surface area contributed by atoms with Crippen molar-refractivity contribution in [3.63, 3.8) is 0 Å². The average Bonchev–Trinajstić information content (AvgIpc) is 2.27. The number of hydrogen-bond donors (Lipinski definition) is 4. The SMILES string of the molecule is O=C(O)c1ccc(F)cc1C(O)C(O)CCO. The van der Waals surface area contributed by atoms with Crippen LogP contribution in [-0.2, 0) is 0 Å². The minimum absolute atomic E-state index is 0.128. The maximum absolute atomic E-state index is 13.0. The van der Waals surface area contributed by atoms with Crippen molar-refractivity contribution in [3.05, 3.63) is 35.1 Å². The molecule has 1 rings (SSSR count). The monoisotopic (exact) mass is 244 g/mol. The Labute approximate surface area is 96.8 Å². The van der Waals surface area contributed by atoms with Gasteiger partial charge < -0.3 is 20.4 Å². The number of aromatic carboxylic acids is 1. The Balaban J connectivity index is 3.10. The zero-order valence-corrected chi connectivity index (χ0v) is 8.88. The minimum atomic E-state index is -1.55. The summed E-state index contributed by atoms with van der Waals surface area (Å²) in [6.07, 6.45) is -3.03. The van der Waals surface area contributed by atoms with Gasteiger partial charge in [-0.1, -0.05) is 0 Å². The van der Waals surface area contributed by atoms with Crippen LogP contribution in [0.15, 0.2) is 18.2 Å². The Hall–Kier alpha value is -1.50. The van der Waals surface area contributed by atoms with Gasteiger partial charge >= 0.3 is 5.97 Å². The largest absolute Gasteiger partial charge is 0.478 e. The van der Waals surface area contributed by atoms with Gasteiger partial charge in [0.2, 0.25) is 0 Å². The first kappa shape index (κ1) is 13.6. The summed E-state index contributed by atoms with van der Waals surface area (Å²) in [6, 6.07) is 2.83. The van der Waals surface area contributed by atoms with E-state index in [0.29, 0.717) is 0 Å². The second-order valence-corrected chi connectivity index (χ2v) is 3.56. The highest BCUT2D eigenvalue weighted by atomic mass is 19.1. The lowest BCUT2D eigenvalue weighted by Crippen LogP contribution is -2.22. The van der Waals surface area contributed by atoms with Crippen LogP contribution < -0.4 is 0 Å². The summed E-state index contributed by atoms with van der Waals surface area (Å²) in [5, 5.41) is 36.6. The van der Waals surface area contributed by atoms with Crippen LogP contribution >= 0.6 is 0 Å². The second-order valence-electron chi connectivity index (χ2n) is 3.56. The van der Waals surface area contributed by atoms with E-state index in [0.717, 1.165) is 18.2 Å². The van der Waals surface area contributed by atoms with E-state index < -0.39 is 24.0 Å². The maximum Gasteiger partial charge on any atom is 0.336 e. The van der Waals surface area contributed by atoms with Crippen LogP contribution in [0.3, 0.4) is 0 Å². The molecule has 0 bridgehead atoms. The quantitative estimate of drug-likeness (QED) is 0.597. The molecule has 0 aliphatic carbocycles. The molecule has 0 radical (unpaired) electrons. The first-order chi connectivity index (χ1) is 7.97. The topological polar surface area (TPSA) is 98.0 Å². The number of aliphatic hydroxyl groups is 3. The van der Waals surface area contributed by atoms with Gasteiger partial charge in [0, 0.05) is 12.2 Å². The molecule has 1 aromatic carbocycles. The van der Waals surface area contributed by atoms with Crippen LogP contribution in [0.1, 0.15) is 28.4 Å². The summed E-state index contributed by atoms with van der Waals surface area (Å²) in [4.78, 5) is 10.9. The molecule has 0 amide bonds. The van der Waals surface area contributed by atoms with Crippen molar-refractivity contribution < 1.29 is 29.6 Å². The molecule has 0 fully saturated rings. The standard InChI is InChI=1S/C11H13FO5/c12-6-1-2-7(11(16)17)8(5-6)10(15)9(14)3-4-13/h1-2,5,9-10,13-15H,3-4H2,(H,16,17). The Bertz CT molecular complexity index is 407. The highest BCUT2D eigenvalue weighted by Gasteiger charge is 2.23. The van der Waals surface area contributed by atoms with Gasteiger partial charge in [-0.15, -0.1) is 0 Å². The number of carboxylic acid groups (broad SMARTS) is 1. The number of rotatable bonds is 5. The van der Waals surface area contributed by atoms with Crippen molar-refractivity contribution in [3.8, 4) is 0 Å². The van der Waals surface area contributed by atoms with Gasteiger partial charge in [-0.2, -0.15) is 0 Å². The lowest BCUT2D eigenvalue weighted by molar-refractivity contribution is 0.00337. The van der Waals surface area contributed by atoms with Crippen molar-refractivity contribution in [2.45, 2.75) is 18.6 Å². The number of carbonyl (C=O) groups is 1. The molecule has 94 valence electrons. The van der Waals surface area contributed by atoms with E-state index in [1.807, 2.05) is 0 Å². The number of hydrogen-bond acceptors (Lipinski definition) is 4. The van der Waals surface area contributed by atoms with Crippen molar-refractivity contribution in [1.82, 2.24) is 0 Å². The molecule has 0 aromatic heterocycles. The van der Waals surface area contributed by atoms with Crippen molar-refractivity contribution >= 4 is 5.97 Å².